The first-order valence-corrected chi connectivity index (χ1v) is 5.76. The second-order valence-electron chi connectivity index (χ2n) is 3.74. The molecule has 1 N–H and O–H groups in total. The molecule has 1 unspecified atom stereocenters. The molecule has 1 aromatic heterocycles. The van der Waals surface area contributed by atoms with Crippen molar-refractivity contribution < 1.29 is 27.9 Å². The van der Waals surface area contributed by atoms with E-state index in [-0.39, 0.29) is 22.1 Å². The highest BCUT2D eigenvalue weighted by Crippen LogP contribution is 2.34. The molecule has 0 radical (unpaired) electrons. The fraction of sp³-hybridized carbons (Fsp3) is 0.167. The van der Waals surface area contributed by atoms with Crippen LogP contribution in [0.2, 0.25) is 5.02 Å². The number of ether oxygens (including phenoxy) is 1. The Morgan fingerprint density at radius 2 is 2.30 bits per heavy atom. The maximum atomic E-state index is 13.5. The third-order valence-corrected chi connectivity index (χ3v) is 2.70. The molecule has 0 aliphatic heterocycles. The molecule has 0 fully saturated rings. The van der Waals surface area contributed by atoms with Crippen molar-refractivity contribution in [2.24, 2.45) is 0 Å². The van der Waals surface area contributed by atoms with E-state index in [0.717, 1.165) is 6.07 Å². The Hall–Kier alpha value is -2.15. The van der Waals surface area contributed by atoms with Crippen molar-refractivity contribution in [2.45, 2.75) is 6.10 Å². The maximum Gasteiger partial charge on any atom is 0.347 e. The van der Waals surface area contributed by atoms with Gasteiger partial charge in [-0.2, -0.15) is 0 Å². The number of hydrogen-bond acceptors (Lipinski definition) is 4. The summed E-state index contributed by atoms with van der Waals surface area (Å²) in [6.45, 7) is -1.27. The minimum absolute atomic E-state index is 0.175. The average molecular weight is 304 g/mol. The second kappa shape index (κ2) is 5.87. The van der Waals surface area contributed by atoms with E-state index in [2.05, 4.69) is 5.16 Å². The lowest BCUT2D eigenvalue weighted by Crippen LogP contribution is -2.29. The Morgan fingerprint density at radius 3 is 2.85 bits per heavy atom. The van der Waals surface area contributed by atoms with Crippen molar-refractivity contribution in [3.63, 3.8) is 0 Å². The number of carboxylic acid groups (broad SMARTS) is 1. The van der Waals surface area contributed by atoms with E-state index in [1.807, 2.05) is 0 Å². The van der Waals surface area contributed by atoms with E-state index in [0.29, 0.717) is 0 Å². The highest BCUT2D eigenvalue weighted by molar-refractivity contribution is 6.31. The third-order valence-electron chi connectivity index (χ3n) is 2.41. The van der Waals surface area contributed by atoms with Crippen molar-refractivity contribution in [1.29, 1.82) is 0 Å². The number of hydrogen-bond donors (Lipinski definition) is 1. The molecule has 1 aromatic carbocycles. The van der Waals surface area contributed by atoms with Gasteiger partial charge in [-0.3, -0.25) is 0 Å². The molecule has 0 saturated carbocycles. The van der Waals surface area contributed by atoms with Crippen LogP contribution in [0.25, 0.3) is 11.3 Å². The molecule has 106 valence electrons. The first kappa shape index (κ1) is 14.3. The van der Waals surface area contributed by atoms with E-state index in [4.69, 9.17) is 26.0 Å². The predicted octanol–water partition coefficient (Wildman–Crippen LogP) is 2.94. The summed E-state index contributed by atoms with van der Waals surface area (Å²) in [7, 11) is 0. The lowest BCUT2D eigenvalue weighted by atomic mass is 10.1. The largest absolute Gasteiger partial charge is 0.478 e. The molecule has 0 aliphatic rings. The highest BCUT2D eigenvalue weighted by Gasteiger charge is 2.23. The van der Waals surface area contributed by atoms with Crippen LogP contribution in [-0.2, 0) is 4.79 Å². The van der Waals surface area contributed by atoms with Gasteiger partial charge in [0, 0.05) is 12.1 Å². The van der Waals surface area contributed by atoms with E-state index in [1.54, 1.807) is 0 Å². The number of rotatable bonds is 5. The Labute approximate surface area is 116 Å². The molecule has 5 nitrogen and oxygen atoms in total. The minimum atomic E-state index is -1.75. The van der Waals surface area contributed by atoms with Crippen LogP contribution in [0.3, 0.4) is 0 Å². The lowest BCUT2D eigenvalue weighted by Gasteiger charge is -2.14. The molecule has 1 atom stereocenters. The maximum absolute atomic E-state index is 13.5. The van der Waals surface area contributed by atoms with Gasteiger partial charge in [-0.25, -0.2) is 13.6 Å². The van der Waals surface area contributed by atoms with Crippen LogP contribution in [0, 0.1) is 5.82 Å². The number of carboxylic acids is 1. The van der Waals surface area contributed by atoms with Crippen LogP contribution >= 0.6 is 11.6 Å². The third kappa shape index (κ3) is 2.88. The van der Waals surface area contributed by atoms with E-state index in [1.165, 1.54) is 18.3 Å². The van der Waals surface area contributed by atoms with Crippen molar-refractivity contribution in [1.82, 2.24) is 5.16 Å². The lowest BCUT2D eigenvalue weighted by molar-refractivity contribution is -0.145. The summed E-state index contributed by atoms with van der Waals surface area (Å²) < 4.78 is 35.9. The van der Waals surface area contributed by atoms with Gasteiger partial charge < -0.3 is 14.4 Å². The Bertz CT molecular complexity index is 618. The summed E-state index contributed by atoms with van der Waals surface area (Å²) in [6.07, 6.45) is -0.419. The number of aromatic nitrogens is 1. The molecule has 2 rings (SSSR count). The molecule has 0 bridgehead atoms. The van der Waals surface area contributed by atoms with Gasteiger partial charge in [0.25, 0.3) is 0 Å². The summed E-state index contributed by atoms with van der Waals surface area (Å²) in [5.74, 6) is -2.35. The van der Waals surface area contributed by atoms with Crippen molar-refractivity contribution in [2.75, 3.05) is 6.67 Å². The van der Waals surface area contributed by atoms with Gasteiger partial charge in [-0.15, -0.1) is 0 Å². The smallest absolute Gasteiger partial charge is 0.347 e. The fourth-order valence-electron chi connectivity index (χ4n) is 1.47. The van der Waals surface area contributed by atoms with E-state index < -0.39 is 24.6 Å². The van der Waals surface area contributed by atoms with Crippen LogP contribution in [0.1, 0.15) is 0 Å². The zero-order valence-corrected chi connectivity index (χ0v) is 10.6. The zero-order valence-electron chi connectivity index (χ0n) is 9.85. The number of alkyl halides is 1. The molecule has 1 heterocycles. The molecular weight excluding hydrogens is 296 g/mol. The SMILES string of the molecule is O=C(O)C(CF)Oc1cc(F)c(Cl)cc1-c1ccno1. The Morgan fingerprint density at radius 1 is 1.55 bits per heavy atom. The molecule has 20 heavy (non-hydrogen) atoms. The number of nitrogens with zero attached hydrogens (tertiary/aromatic N) is 1. The quantitative estimate of drug-likeness (QED) is 0.919. The molecule has 8 heteroatoms. The summed E-state index contributed by atoms with van der Waals surface area (Å²) >= 11 is 5.65. The number of benzene rings is 1. The Kier molecular flexibility index (Phi) is 4.19. The van der Waals surface area contributed by atoms with Crippen LogP contribution in [0.15, 0.2) is 28.9 Å². The average Bonchev–Trinajstić information content (AvgIpc) is 2.92. The summed E-state index contributed by atoms with van der Waals surface area (Å²) in [5, 5.41) is 12.0. The highest BCUT2D eigenvalue weighted by atomic mass is 35.5. The summed E-state index contributed by atoms with van der Waals surface area (Å²) in [4.78, 5) is 10.8. The standard InChI is InChI=1S/C12H8ClF2NO4/c13-7-3-6(9-1-2-16-20-9)10(4-8(7)15)19-11(5-14)12(17)18/h1-4,11H,5H2,(H,17,18). The summed E-state index contributed by atoms with van der Waals surface area (Å²) in [6, 6.07) is 3.50. The van der Waals surface area contributed by atoms with Gasteiger partial charge in [-0.1, -0.05) is 16.8 Å². The molecule has 0 saturated heterocycles. The topological polar surface area (TPSA) is 72.6 Å². The number of aliphatic carboxylic acids is 1. The van der Waals surface area contributed by atoms with Crippen molar-refractivity contribution in [3.05, 3.63) is 35.2 Å². The zero-order chi connectivity index (χ0) is 14.7. The van der Waals surface area contributed by atoms with Gasteiger partial charge in [-0.05, 0) is 6.07 Å². The Balaban J connectivity index is 2.45. The van der Waals surface area contributed by atoms with Crippen LogP contribution in [-0.4, -0.2) is 29.0 Å². The van der Waals surface area contributed by atoms with Gasteiger partial charge in [0.1, 0.15) is 18.2 Å². The monoisotopic (exact) mass is 303 g/mol. The number of carbonyl (C=O) groups is 1. The number of halogens is 3. The van der Waals surface area contributed by atoms with Crippen LogP contribution in [0.5, 0.6) is 5.75 Å². The first-order chi connectivity index (χ1) is 9.52. The first-order valence-electron chi connectivity index (χ1n) is 5.38. The molecule has 0 aliphatic carbocycles. The van der Waals surface area contributed by atoms with E-state index >= 15 is 0 Å². The van der Waals surface area contributed by atoms with Gasteiger partial charge in [0.05, 0.1) is 16.8 Å². The van der Waals surface area contributed by atoms with Crippen molar-refractivity contribution in [3.8, 4) is 17.1 Å². The van der Waals surface area contributed by atoms with Crippen LogP contribution < -0.4 is 4.74 Å². The van der Waals surface area contributed by atoms with Crippen molar-refractivity contribution >= 4 is 17.6 Å². The fourth-order valence-corrected chi connectivity index (χ4v) is 1.64. The predicted molar refractivity (Wildman–Crippen MR) is 64.9 cm³/mol. The molecule has 0 amide bonds. The molecule has 2 aromatic rings. The van der Waals surface area contributed by atoms with Gasteiger partial charge >= 0.3 is 5.97 Å². The minimum Gasteiger partial charge on any atom is -0.478 e. The van der Waals surface area contributed by atoms with E-state index in [9.17, 15) is 13.6 Å². The van der Waals surface area contributed by atoms with Crippen LogP contribution in [0.4, 0.5) is 8.78 Å². The molecular formula is C12H8ClF2NO4. The van der Waals surface area contributed by atoms with Gasteiger partial charge in [0.2, 0.25) is 6.10 Å². The normalized spacial score (nSPS) is 12.2. The second-order valence-corrected chi connectivity index (χ2v) is 4.15. The van der Waals surface area contributed by atoms with Gasteiger partial charge in [0.15, 0.2) is 5.76 Å². The summed E-state index contributed by atoms with van der Waals surface area (Å²) in [5.41, 5.74) is 0.175. The molecule has 0 spiro atoms.